The molecule has 178 valence electrons. The molecule has 2 aromatic carbocycles. The minimum Gasteiger partial charge on any atom is -0.497 e. The SMILES string of the molecule is COc1cc(OC)cc([C@@H](OP(OCCC#N)N(C(C)C)C(C)C)C(=O)c2ccccc2)c1. The number of ether oxygens (including phenoxy) is 2. The highest BCUT2D eigenvalue weighted by atomic mass is 31.2. The van der Waals surface area contributed by atoms with Crippen LogP contribution in [0.5, 0.6) is 11.5 Å². The van der Waals surface area contributed by atoms with Crippen molar-refractivity contribution in [3.05, 3.63) is 59.7 Å². The van der Waals surface area contributed by atoms with Gasteiger partial charge in [-0.05, 0) is 45.4 Å². The molecule has 8 heteroatoms. The Morgan fingerprint density at radius 3 is 2.06 bits per heavy atom. The molecule has 33 heavy (non-hydrogen) atoms. The maximum Gasteiger partial charge on any atom is 0.260 e. The standard InChI is InChI=1S/C25H33N2O5P/c1-18(2)27(19(3)4)33(31-14-10-13-26)32-25(24(28)20-11-8-7-9-12-20)21-15-22(29-5)17-23(16-21)30-6/h7-9,11-12,15-19,25H,10,14H2,1-6H3/t25-,33?/m1/s1. The van der Waals surface area contributed by atoms with Crippen molar-refractivity contribution in [1.29, 1.82) is 5.26 Å². The fourth-order valence-corrected chi connectivity index (χ4v) is 5.08. The van der Waals surface area contributed by atoms with E-state index >= 15 is 0 Å². The predicted molar refractivity (Wildman–Crippen MR) is 129 cm³/mol. The van der Waals surface area contributed by atoms with Crippen LogP contribution in [0, 0.1) is 11.3 Å². The van der Waals surface area contributed by atoms with Crippen molar-refractivity contribution in [2.45, 2.75) is 52.3 Å². The van der Waals surface area contributed by atoms with E-state index in [9.17, 15) is 4.79 Å². The third-order valence-electron chi connectivity index (χ3n) is 4.83. The summed E-state index contributed by atoms with van der Waals surface area (Å²) in [4.78, 5) is 13.6. The van der Waals surface area contributed by atoms with Crippen LogP contribution < -0.4 is 9.47 Å². The van der Waals surface area contributed by atoms with Gasteiger partial charge in [-0.25, -0.2) is 4.67 Å². The van der Waals surface area contributed by atoms with E-state index < -0.39 is 14.6 Å². The molecule has 1 unspecified atom stereocenters. The Hall–Kier alpha value is -2.49. The van der Waals surface area contributed by atoms with Crippen LogP contribution in [0.3, 0.4) is 0 Å². The Labute approximate surface area is 198 Å². The maximum absolute atomic E-state index is 13.6. The van der Waals surface area contributed by atoms with E-state index in [4.69, 9.17) is 23.8 Å². The van der Waals surface area contributed by atoms with E-state index in [1.165, 1.54) is 0 Å². The van der Waals surface area contributed by atoms with Crippen molar-refractivity contribution < 1.29 is 23.3 Å². The zero-order chi connectivity index (χ0) is 24.4. The number of nitrogens with zero attached hydrogens (tertiary/aromatic N) is 2. The number of carbonyl (C=O) groups excluding carboxylic acids is 1. The summed E-state index contributed by atoms with van der Waals surface area (Å²) in [5.74, 6) is 0.908. The van der Waals surface area contributed by atoms with E-state index in [1.54, 1.807) is 44.6 Å². The smallest absolute Gasteiger partial charge is 0.260 e. The number of benzene rings is 2. The molecule has 0 spiro atoms. The van der Waals surface area contributed by atoms with Gasteiger partial charge in [0.05, 0.1) is 33.3 Å². The largest absolute Gasteiger partial charge is 0.497 e. The number of nitriles is 1. The molecule has 2 atom stereocenters. The van der Waals surface area contributed by atoms with Crippen LogP contribution in [0.15, 0.2) is 48.5 Å². The van der Waals surface area contributed by atoms with Crippen LogP contribution in [0.25, 0.3) is 0 Å². The molecular formula is C25H33N2O5P. The van der Waals surface area contributed by atoms with E-state index in [-0.39, 0.29) is 30.9 Å². The normalized spacial score (nSPS) is 13.1. The summed E-state index contributed by atoms with van der Waals surface area (Å²) in [6.07, 6.45) is -0.721. The first-order valence-electron chi connectivity index (χ1n) is 10.9. The summed E-state index contributed by atoms with van der Waals surface area (Å²) in [7, 11) is 1.47. The van der Waals surface area contributed by atoms with Gasteiger partial charge >= 0.3 is 0 Å². The first kappa shape index (κ1) is 26.8. The lowest BCUT2D eigenvalue weighted by Gasteiger charge is -2.37. The molecule has 7 nitrogen and oxygen atoms in total. The van der Waals surface area contributed by atoms with Crippen LogP contribution in [0.1, 0.15) is 56.1 Å². The Morgan fingerprint density at radius 2 is 1.58 bits per heavy atom. The number of rotatable bonds is 13. The van der Waals surface area contributed by atoms with Crippen molar-refractivity contribution in [2.24, 2.45) is 0 Å². The lowest BCUT2D eigenvalue weighted by atomic mass is 9.99. The maximum atomic E-state index is 13.6. The van der Waals surface area contributed by atoms with Gasteiger partial charge in [-0.2, -0.15) is 5.26 Å². The molecule has 0 amide bonds. The molecular weight excluding hydrogens is 439 g/mol. The van der Waals surface area contributed by atoms with Crippen LogP contribution in [0.4, 0.5) is 0 Å². The summed E-state index contributed by atoms with van der Waals surface area (Å²) in [5, 5.41) is 8.99. The quantitative estimate of drug-likeness (QED) is 0.203. The molecule has 0 bridgehead atoms. The van der Waals surface area contributed by atoms with Crippen LogP contribution >= 0.6 is 8.53 Å². The summed E-state index contributed by atoms with van der Waals surface area (Å²) in [5.41, 5.74) is 1.13. The molecule has 2 aromatic rings. The highest BCUT2D eigenvalue weighted by molar-refractivity contribution is 7.44. The van der Waals surface area contributed by atoms with Gasteiger partial charge in [-0.1, -0.05) is 30.3 Å². The minimum absolute atomic E-state index is 0.102. The Bertz CT molecular complexity index is 900. The van der Waals surface area contributed by atoms with Crippen LogP contribution in [-0.4, -0.2) is 43.4 Å². The van der Waals surface area contributed by atoms with Crippen LogP contribution in [-0.2, 0) is 9.05 Å². The van der Waals surface area contributed by atoms with Gasteiger partial charge in [0.25, 0.3) is 8.53 Å². The molecule has 0 fully saturated rings. The highest BCUT2D eigenvalue weighted by Crippen LogP contribution is 2.50. The Kier molecular flexibility index (Phi) is 10.8. The second kappa shape index (κ2) is 13.3. The Morgan fingerprint density at radius 1 is 1.00 bits per heavy atom. The van der Waals surface area contributed by atoms with Gasteiger partial charge in [0.15, 0.2) is 11.9 Å². The van der Waals surface area contributed by atoms with Crippen molar-refractivity contribution >= 4 is 14.3 Å². The lowest BCUT2D eigenvalue weighted by Crippen LogP contribution is -2.34. The average molecular weight is 473 g/mol. The molecule has 0 aliphatic heterocycles. The molecule has 0 heterocycles. The van der Waals surface area contributed by atoms with Crippen molar-refractivity contribution in [1.82, 2.24) is 4.67 Å². The van der Waals surface area contributed by atoms with Crippen molar-refractivity contribution in [3.63, 3.8) is 0 Å². The molecule has 0 saturated heterocycles. The topological polar surface area (TPSA) is 81.0 Å². The summed E-state index contributed by atoms with van der Waals surface area (Å²) in [6.45, 7) is 8.42. The number of hydrogen-bond donors (Lipinski definition) is 0. The van der Waals surface area contributed by atoms with Gasteiger partial charge in [-0.3, -0.25) is 4.79 Å². The minimum atomic E-state index is -1.65. The number of carbonyl (C=O) groups is 1. The number of ketones is 1. The van der Waals surface area contributed by atoms with E-state index in [0.29, 0.717) is 22.6 Å². The molecule has 0 aliphatic carbocycles. The summed E-state index contributed by atoms with van der Waals surface area (Å²) >= 11 is 0. The first-order valence-corrected chi connectivity index (χ1v) is 12.0. The van der Waals surface area contributed by atoms with E-state index in [1.807, 2.05) is 18.2 Å². The van der Waals surface area contributed by atoms with Gasteiger partial charge in [0.1, 0.15) is 11.5 Å². The molecule has 0 saturated carbocycles. The van der Waals surface area contributed by atoms with Gasteiger partial charge in [0.2, 0.25) is 0 Å². The second-order valence-electron chi connectivity index (χ2n) is 7.91. The predicted octanol–water partition coefficient (Wildman–Crippen LogP) is 5.92. The first-order chi connectivity index (χ1) is 15.8. The van der Waals surface area contributed by atoms with Crippen molar-refractivity contribution in [2.75, 3.05) is 20.8 Å². The molecule has 0 aliphatic rings. The highest BCUT2D eigenvalue weighted by Gasteiger charge is 2.34. The van der Waals surface area contributed by atoms with Gasteiger partial charge < -0.3 is 18.5 Å². The number of hydrogen-bond acceptors (Lipinski definition) is 7. The van der Waals surface area contributed by atoms with Crippen LogP contribution in [0.2, 0.25) is 0 Å². The number of methoxy groups -OCH3 is 2. The summed E-state index contributed by atoms with van der Waals surface area (Å²) < 4.78 is 25.5. The van der Waals surface area contributed by atoms with Gasteiger partial charge in [0, 0.05) is 23.7 Å². The van der Waals surface area contributed by atoms with Crippen molar-refractivity contribution in [3.8, 4) is 17.6 Å². The second-order valence-corrected chi connectivity index (χ2v) is 9.31. The monoisotopic (exact) mass is 472 g/mol. The molecule has 2 rings (SSSR count). The van der Waals surface area contributed by atoms with Gasteiger partial charge in [-0.15, -0.1) is 0 Å². The molecule has 0 aromatic heterocycles. The zero-order valence-corrected chi connectivity index (χ0v) is 21.0. The zero-order valence-electron chi connectivity index (χ0n) is 20.1. The van der Waals surface area contributed by atoms with E-state index in [2.05, 4.69) is 38.4 Å². The Balaban J connectivity index is 2.54. The molecule has 0 radical (unpaired) electrons. The molecule has 0 N–H and O–H groups in total. The number of Topliss-reactive ketones (excluding diaryl/α,β-unsaturated/α-hetero) is 1. The summed E-state index contributed by atoms with van der Waals surface area (Å²) in [6, 6.07) is 16.6. The fourth-order valence-electron chi connectivity index (χ4n) is 3.38. The third-order valence-corrected chi connectivity index (χ3v) is 6.93. The van der Waals surface area contributed by atoms with E-state index in [0.717, 1.165) is 0 Å². The third kappa shape index (κ3) is 7.52. The lowest BCUT2D eigenvalue weighted by molar-refractivity contribution is 0.0729. The fraction of sp³-hybridized carbons (Fsp3) is 0.440. The average Bonchev–Trinajstić information content (AvgIpc) is 2.81.